The second kappa shape index (κ2) is 22.2. The molecule has 0 spiro atoms. The Morgan fingerprint density at radius 2 is 1.59 bits per heavy atom. The van der Waals surface area contributed by atoms with Crippen molar-refractivity contribution in [2.45, 2.75) is 38.8 Å². The van der Waals surface area contributed by atoms with Gasteiger partial charge in [-0.25, -0.2) is 4.68 Å². The molecule has 0 aliphatic carbocycles. The first-order valence-electron chi connectivity index (χ1n) is 18.3. The lowest BCUT2D eigenvalue weighted by molar-refractivity contribution is -0.135. The molecule has 4 heterocycles. The van der Waals surface area contributed by atoms with Crippen LogP contribution >= 0.6 is 12.4 Å². The number of nitrogens with two attached hydrogens (primary N) is 1. The molecule has 5 rings (SSSR count). The van der Waals surface area contributed by atoms with Crippen LogP contribution in [0.4, 0.5) is 17.8 Å². The van der Waals surface area contributed by atoms with Gasteiger partial charge < -0.3 is 49.8 Å². The number of rotatable bonds is 20. The van der Waals surface area contributed by atoms with Crippen LogP contribution in [0, 0.1) is 18.3 Å². The lowest BCUT2D eigenvalue weighted by Gasteiger charge is -2.36. The summed E-state index contributed by atoms with van der Waals surface area (Å²) in [6.45, 7) is 11.7. The fraction of sp³-hybridized carbons (Fsp3) is 0.611. The third-order valence-electron chi connectivity index (χ3n) is 9.34. The van der Waals surface area contributed by atoms with Gasteiger partial charge in [-0.15, -0.1) is 23.9 Å². The number of nitrogens with zero attached hydrogens (tertiary/aromatic N) is 9. The fourth-order valence-electron chi connectivity index (χ4n) is 5.91. The van der Waals surface area contributed by atoms with Crippen molar-refractivity contribution >= 4 is 36.2 Å². The van der Waals surface area contributed by atoms with E-state index < -0.39 is 6.04 Å². The Labute approximate surface area is 323 Å². The highest BCUT2D eigenvalue weighted by molar-refractivity contribution is 5.85. The molecule has 1 aromatic carbocycles. The van der Waals surface area contributed by atoms with Crippen molar-refractivity contribution in [1.29, 1.82) is 0 Å². The molecule has 18 heteroatoms. The number of hydrogen-bond donors (Lipinski definition) is 3. The molecule has 2 aromatic heterocycles. The van der Waals surface area contributed by atoms with Crippen molar-refractivity contribution in [1.82, 2.24) is 34.8 Å². The van der Waals surface area contributed by atoms with Gasteiger partial charge in [-0.05, 0) is 23.6 Å². The minimum absolute atomic E-state index is 0. The number of carbonyl (C=O) groups excluding carboxylic acids is 1. The Morgan fingerprint density at radius 1 is 0.963 bits per heavy atom. The van der Waals surface area contributed by atoms with Gasteiger partial charge in [0.25, 0.3) is 0 Å². The summed E-state index contributed by atoms with van der Waals surface area (Å²) < 4.78 is 23.6. The molecular weight excluding hydrogens is 718 g/mol. The van der Waals surface area contributed by atoms with E-state index in [9.17, 15) is 9.90 Å². The molecule has 0 radical (unpaired) electrons. The summed E-state index contributed by atoms with van der Waals surface area (Å²) >= 11 is 0. The molecular formula is C36H54ClN11O6. The second-order valence-corrected chi connectivity index (χ2v) is 13.0. The molecule has 1 unspecified atom stereocenters. The number of piperazine rings is 1. The van der Waals surface area contributed by atoms with E-state index in [4.69, 9.17) is 46.1 Å². The van der Waals surface area contributed by atoms with Crippen LogP contribution in [0.25, 0.3) is 0 Å². The Hall–Kier alpha value is -4.31. The van der Waals surface area contributed by atoms with Crippen molar-refractivity contribution in [2.24, 2.45) is 11.7 Å². The number of aromatic hydroxyl groups is 1. The number of benzene rings is 1. The van der Waals surface area contributed by atoms with Gasteiger partial charge in [0.05, 0.1) is 64.2 Å². The van der Waals surface area contributed by atoms with Crippen molar-refractivity contribution in [3.63, 3.8) is 0 Å². The summed E-state index contributed by atoms with van der Waals surface area (Å²) in [5, 5.41) is 21.9. The summed E-state index contributed by atoms with van der Waals surface area (Å²) in [6, 6.07) is 5.95. The first-order valence-corrected chi connectivity index (χ1v) is 18.3. The number of aromatic nitrogens is 6. The Balaban J connectivity index is 0.00000650. The zero-order valence-electron chi connectivity index (χ0n) is 31.2. The highest BCUT2D eigenvalue weighted by atomic mass is 35.5. The molecule has 3 atom stereocenters. The number of halogens is 1. The van der Waals surface area contributed by atoms with Crippen LogP contribution < -0.4 is 20.9 Å². The molecule has 296 valence electrons. The zero-order valence-corrected chi connectivity index (χ0v) is 32.0. The lowest BCUT2D eigenvalue weighted by atomic mass is 9.98. The van der Waals surface area contributed by atoms with E-state index in [1.807, 2.05) is 17.0 Å². The predicted molar refractivity (Wildman–Crippen MR) is 206 cm³/mol. The van der Waals surface area contributed by atoms with E-state index in [1.54, 1.807) is 23.0 Å². The molecule has 2 aliphatic rings. The topological polar surface area (TPSA) is 191 Å². The fourth-order valence-corrected chi connectivity index (χ4v) is 5.91. The largest absolute Gasteiger partial charge is 0.508 e. The Bertz CT molecular complexity index is 1600. The number of anilines is 3. The monoisotopic (exact) mass is 771 g/mol. The molecule has 17 nitrogen and oxygen atoms in total. The summed E-state index contributed by atoms with van der Waals surface area (Å²) in [5.74, 6) is 4.29. The van der Waals surface area contributed by atoms with Gasteiger partial charge >= 0.3 is 0 Å². The highest BCUT2D eigenvalue weighted by Gasteiger charge is 2.32. The average Bonchev–Trinajstić information content (AvgIpc) is 3.69. The SMILES string of the molecule is C#CCOCCOCCOCCNc1nc(N2CCOCC2)nc(N2CCN(C(=O)[C@H](Cc3ccc(O)cc3)n3cc([C@@H](N)C(C)CC)nn3)CC2)n1.Cl. The molecule has 0 bridgehead atoms. The van der Waals surface area contributed by atoms with Crippen molar-refractivity contribution in [3.8, 4) is 18.1 Å². The molecule has 0 saturated carbocycles. The maximum Gasteiger partial charge on any atom is 0.247 e. The van der Waals surface area contributed by atoms with Crippen LogP contribution in [-0.4, -0.2) is 145 Å². The number of nitrogens with one attached hydrogen (secondary N) is 1. The van der Waals surface area contributed by atoms with Crippen LogP contribution in [0.15, 0.2) is 30.5 Å². The number of terminal acetylenes is 1. The lowest BCUT2D eigenvalue weighted by Crippen LogP contribution is -2.51. The van der Waals surface area contributed by atoms with Crippen LogP contribution in [-0.2, 0) is 30.2 Å². The van der Waals surface area contributed by atoms with Gasteiger partial charge in [0, 0.05) is 52.2 Å². The summed E-state index contributed by atoms with van der Waals surface area (Å²) in [6.07, 6.45) is 8.24. The second-order valence-electron chi connectivity index (χ2n) is 13.0. The number of ether oxygens (including phenoxy) is 4. The predicted octanol–water partition coefficient (Wildman–Crippen LogP) is 1.70. The van der Waals surface area contributed by atoms with Gasteiger partial charge in [-0.3, -0.25) is 4.79 Å². The summed E-state index contributed by atoms with van der Waals surface area (Å²) in [7, 11) is 0. The Morgan fingerprint density at radius 3 is 2.24 bits per heavy atom. The molecule has 3 aromatic rings. The van der Waals surface area contributed by atoms with Crippen LogP contribution in [0.3, 0.4) is 0 Å². The van der Waals surface area contributed by atoms with Gasteiger partial charge in [0.15, 0.2) is 0 Å². The van der Waals surface area contributed by atoms with Gasteiger partial charge in [-0.2, -0.15) is 15.0 Å². The third kappa shape index (κ3) is 12.4. The van der Waals surface area contributed by atoms with E-state index in [0.29, 0.717) is 122 Å². The zero-order chi connectivity index (χ0) is 37.4. The van der Waals surface area contributed by atoms with E-state index in [0.717, 1.165) is 12.0 Å². The quantitative estimate of drug-likeness (QED) is 0.111. The smallest absolute Gasteiger partial charge is 0.247 e. The minimum Gasteiger partial charge on any atom is -0.508 e. The standard InChI is InChI=1S/C36H53N11O6.ClH/c1-4-17-50-21-23-53-24-22-51-18-10-38-34-39-35(41-36(40-34)46-15-19-52-20-16-46)45-13-11-44(12-14-45)33(49)31(25-28-6-8-29(48)9-7-28)47-26-30(42-43-47)32(37)27(3)5-2;/h1,6-9,26-27,31-32,48H,5,10-25,37H2,2-3H3,(H,38,39,40,41);1H/t27?,31-,32-;/m0./s1. The molecule has 2 fully saturated rings. The normalized spacial score (nSPS) is 16.3. The highest BCUT2D eigenvalue weighted by Crippen LogP contribution is 2.25. The maximum absolute atomic E-state index is 14.2. The maximum atomic E-state index is 14.2. The Kier molecular flexibility index (Phi) is 17.4. The van der Waals surface area contributed by atoms with Gasteiger partial charge in [0.1, 0.15) is 18.4 Å². The molecule has 2 aliphatic heterocycles. The van der Waals surface area contributed by atoms with Gasteiger partial charge in [0.2, 0.25) is 23.8 Å². The molecule has 54 heavy (non-hydrogen) atoms. The summed E-state index contributed by atoms with van der Waals surface area (Å²) in [5.41, 5.74) is 8.02. The van der Waals surface area contributed by atoms with Crippen LogP contribution in [0.1, 0.15) is 43.6 Å². The number of amides is 1. The average molecular weight is 772 g/mol. The van der Waals surface area contributed by atoms with E-state index in [2.05, 4.69) is 45.2 Å². The van der Waals surface area contributed by atoms with E-state index in [1.165, 1.54) is 0 Å². The first kappa shape index (κ1) is 42.4. The molecule has 4 N–H and O–H groups in total. The van der Waals surface area contributed by atoms with Gasteiger partial charge in [-0.1, -0.05) is 43.5 Å². The van der Waals surface area contributed by atoms with Crippen molar-refractivity contribution in [2.75, 3.05) is 114 Å². The molecule has 1 amide bonds. The van der Waals surface area contributed by atoms with Crippen LogP contribution in [0.2, 0.25) is 0 Å². The number of carbonyl (C=O) groups is 1. The van der Waals surface area contributed by atoms with Crippen molar-refractivity contribution in [3.05, 3.63) is 41.7 Å². The number of phenols is 1. The van der Waals surface area contributed by atoms with Crippen LogP contribution in [0.5, 0.6) is 5.75 Å². The summed E-state index contributed by atoms with van der Waals surface area (Å²) in [4.78, 5) is 34.6. The van der Waals surface area contributed by atoms with E-state index in [-0.39, 0.29) is 42.6 Å². The van der Waals surface area contributed by atoms with Crippen molar-refractivity contribution < 1.29 is 28.8 Å². The molecule has 2 saturated heterocycles. The minimum atomic E-state index is -0.640. The number of morpholine rings is 1. The third-order valence-corrected chi connectivity index (χ3v) is 9.34. The first-order chi connectivity index (χ1) is 25.9. The van der Waals surface area contributed by atoms with E-state index >= 15 is 0 Å². The number of phenolic OH excluding ortho intramolecular Hbond substituents is 1. The number of hydrogen-bond acceptors (Lipinski definition) is 15.